The number of halogens is 3. The van der Waals surface area contributed by atoms with E-state index < -0.39 is 6.09 Å². The summed E-state index contributed by atoms with van der Waals surface area (Å²) in [5.74, 6) is 0.226. The van der Waals surface area contributed by atoms with Gasteiger partial charge in [-0.05, 0) is 19.1 Å². The van der Waals surface area contributed by atoms with Crippen LogP contribution >= 0.6 is 34.8 Å². The van der Waals surface area contributed by atoms with E-state index in [1.807, 2.05) is 0 Å². The van der Waals surface area contributed by atoms with Gasteiger partial charge in [-0.25, -0.2) is 4.79 Å². The Balaban J connectivity index is 2.70. The van der Waals surface area contributed by atoms with Gasteiger partial charge in [0, 0.05) is 0 Å². The molecule has 0 saturated heterocycles. The van der Waals surface area contributed by atoms with Crippen molar-refractivity contribution in [3.8, 4) is 0 Å². The molecule has 0 saturated carbocycles. The molecule has 1 amide bonds. The number of hydrogen-bond acceptors (Lipinski definition) is 2. The third-order valence-electron chi connectivity index (χ3n) is 1.72. The molecule has 1 aromatic carbocycles. The SMILES string of the molecule is CC(CCl)OC(=O)Nc1c(Cl)cccc1Cl. The number of benzene rings is 1. The standard InChI is InChI=1S/C10H10Cl3NO2/c1-6(5-11)16-10(15)14-9-7(12)3-2-4-8(9)13/h2-4,6H,5H2,1H3,(H,14,15). The summed E-state index contributed by atoms with van der Waals surface area (Å²) in [4.78, 5) is 11.4. The zero-order valence-corrected chi connectivity index (χ0v) is 10.7. The lowest BCUT2D eigenvalue weighted by molar-refractivity contribution is 0.131. The zero-order valence-electron chi connectivity index (χ0n) is 8.47. The van der Waals surface area contributed by atoms with Crippen LogP contribution in [0, 0.1) is 0 Å². The van der Waals surface area contributed by atoms with Crippen LogP contribution in [0.3, 0.4) is 0 Å². The second kappa shape index (κ2) is 6.18. The highest BCUT2D eigenvalue weighted by atomic mass is 35.5. The van der Waals surface area contributed by atoms with E-state index in [1.54, 1.807) is 25.1 Å². The van der Waals surface area contributed by atoms with Gasteiger partial charge in [0.1, 0.15) is 6.10 Å². The summed E-state index contributed by atoms with van der Waals surface area (Å²) in [6.07, 6.45) is -1.01. The van der Waals surface area contributed by atoms with Gasteiger partial charge in [-0.2, -0.15) is 0 Å². The molecule has 1 unspecified atom stereocenters. The maximum atomic E-state index is 11.4. The molecule has 16 heavy (non-hydrogen) atoms. The van der Waals surface area contributed by atoms with Crippen LogP contribution in [0.15, 0.2) is 18.2 Å². The summed E-state index contributed by atoms with van der Waals surface area (Å²) in [6, 6.07) is 4.92. The maximum Gasteiger partial charge on any atom is 0.412 e. The largest absolute Gasteiger partial charge is 0.445 e. The zero-order chi connectivity index (χ0) is 12.1. The van der Waals surface area contributed by atoms with Gasteiger partial charge >= 0.3 is 6.09 Å². The molecule has 0 spiro atoms. The number of carbonyl (C=O) groups is 1. The number of carbonyl (C=O) groups excluding carboxylic acids is 1. The molecular formula is C10H10Cl3NO2. The Morgan fingerprint density at radius 1 is 1.44 bits per heavy atom. The molecule has 0 aliphatic heterocycles. The Hall–Kier alpha value is -0.640. The molecule has 0 bridgehead atoms. The number of para-hydroxylation sites is 1. The fourth-order valence-electron chi connectivity index (χ4n) is 0.963. The topological polar surface area (TPSA) is 38.3 Å². The van der Waals surface area contributed by atoms with Crippen LogP contribution in [-0.2, 0) is 4.74 Å². The van der Waals surface area contributed by atoms with Gasteiger partial charge in [0.25, 0.3) is 0 Å². The van der Waals surface area contributed by atoms with E-state index in [2.05, 4.69) is 5.32 Å². The van der Waals surface area contributed by atoms with Crippen molar-refractivity contribution in [3.63, 3.8) is 0 Å². The molecule has 3 nitrogen and oxygen atoms in total. The van der Waals surface area contributed by atoms with Crippen LogP contribution in [0.5, 0.6) is 0 Å². The van der Waals surface area contributed by atoms with Crippen molar-refractivity contribution < 1.29 is 9.53 Å². The average Bonchev–Trinajstić information content (AvgIpc) is 2.23. The Bertz CT molecular complexity index is 364. The van der Waals surface area contributed by atoms with Crippen molar-refractivity contribution in [2.75, 3.05) is 11.2 Å². The van der Waals surface area contributed by atoms with Crippen molar-refractivity contribution in [2.24, 2.45) is 0 Å². The normalized spacial score (nSPS) is 12.0. The van der Waals surface area contributed by atoms with E-state index >= 15 is 0 Å². The van der Waals surface area contributed by atoms with Gasteiger partial charge in [-0.15, -0.1) is 11.6 Å². The van der Waals surface area contributed by atoms with Crippen LogP contribution < -0.4 is 5.32 Å². The Morgan fingerprint density at radius 3 is 2.50 bits per heavy atom. The Kier molecular flexibility index (Phi) is 5.19. The highest BCUT2D eigenvalue weighted by molar-refractivity contribution is 6.39. The number of nitrogens with one attached hydrogen (secondary N) is 1. The smallest absolute Gasteiger partial charge is 0.412 e. The number of amides is 1. The summed E-state index contributed by atoms with van der Waals surface area (Å²) >= 11 is 17.2. The van der Waals surface area contributed by atoms with Gasteiger partial charge in [0.2, 0.25) is 0 Å². The predicted molar refractivity (Wildman–Crippen MR) is 66.7 cm³/mol. The first kappa shape index (κ1) is 13.4. The van der Waals surface area contributed by atoms with Crippen molar-refractivity contribution in [1.29, 1.82) is 0 Å². The molecule has 0 aliphatic rings. The monoisotopic (exact) mass is 281 g/mol. The minimum absolute atomic E-state index is 0.226. The molecule has 88 valence electrons. The second-order valence-electron chi connectivity index (χ2n) is 3.09. The maximum absolute atomic E-state index is 11.4. The quantitative estimate of drug-likeness (QED) is 0.845. The van der Waals surface area contributed by atoms with Crippen LogP contribution in [0.1, 0.15) is 6.92 Å². The van der Waals surface area contributed by atoms with E-state index in [0.29, 0.717) is 15.7 Å². The van der Waals surface area contributed by atoms with E-state index in [1.165, 1.54) is 0 Å². The molecule has 1 rings (SSSR count). The number of anilines is 1. The summed E-state index contributed by atoms with van der Waals surface area (Å²) in [5.41, 5.74) is 0.331. The van der Waals surface area contributed by atoms with E-state index in [9.17, 15) is 4.79 Å². The highest BCUT2D eigenvalue weighted by Crippen LogP contribution is 2.29. The summed E-state index contributed by atoms with van der Waals surface area (Å²) in [5, 5.41) is 3.16. The Morgan fingerprint density at radius 2 is 2.00 bits per heavy atom. The summed E-state index contributed by atoms with van der Waals surface area (Å²) < 4.78 is 4.91. The van der Waals surface area contributed by atoms with Gasteiger partial charge in [0.05, 0.1) is 21.6 Å². The van der Waals surface area contributed by atoms with Crippen LogP contribution in [-0.4, -0.2) is 18.1 Å². The van der Waals surface area contributed by atoms with Gasteiger partial charge in [0.15, 0.2) is 0 Å². The van der Waals surface area contributed by atoms with Gasteiger partial charge < -0.3 is 4.74 Å². The predicted octanol–water partition coefficient (Wildman–Crippen LogP) is 4.17. The third-order valence-corrected chi connectivity index (χ3v) is 2.78. The molecule has 1 atom stereocenters. The number of hydrogen-bond donors (Lipinski definition) is 1. The van der Waals surface area contributed by atoms with E-state index in [0.717, 1.165) is 0 Å². The fraction of sp³-hybridized carbons (Fsp3) is 0.300. The molecule has 0 heterocycles. The van der Waals surface area contributed by atoms with Gasteiger partial charge in [-0.1, -0.05) is 29.3 Å². The number of alkyl halides is 1. The highest BCUT2D eigenvalue weighted by Gasteiger charge is 2.12. The van der Waals surface area contributed by atoms with Gasteiger partial charge in [-0.3, -0.25) is 5.32 Å². The molecular weight excluding hydrogens is 272 g/mol. The number of ether oxygens (including phenoxy) is 1. The second-order valence-corrected chi connectivity index (χ2v) is 4.21. The first-order valence-corrected chi connectivity index (χ1v) is 5.81. The first-order chi connectivity index (χ1) is 7.54. The lowest BCUT2D eigenvalue weighted by Crippen LogP contribution is -2.21. The molecule has 0 fully saturated rings. The van der Waals surface area contributed by atoms with E-state index in [-0.39, 0.29) is 12.0 Å². The minimum Gasteiger partial charge on any atom is -0.445 e. The lowest BCUT2D eigenvalue weighted by atomic mass is 10.3. The van der Waals surface area contributed by atoms with Crippen LogP contribution in [0.4, 0.5) is 10.5 Å². The van der Waals surface area contributed by atoms with Crippen molar-refractivity contribution in [1.82, 2.24) is 0 Å². The minimum atomic E-state index is -0.636. The number of rotatable bonds is 3. The average molecular weight is 283 g/mol. The molecule has 0 aromatic heterocycles. The molecule has 1 aromatic rings. The van der Waals surface area contributed by atoms with Crippen molar-refractivity contribution in [2.45, 2.75) is 13.0 Å². The third kappa shape index (κ3) is 3.74. The lowest BCUT2D eigenvalue weighted by Gasteiger charge is -2.12. The fourth-order valence-corrected chi connectivity index (χ4v) is 1.52. The summed E-state index contributed by atoms with van der Waals surface area (Å²) in [6.45, 7) is 1.68. The van der Waals surface area contributed by atoms with E-state index in [4.69, 9.17) is 39.5 Å². The molecule has 0 radical (unpaired) electrons. The van der Waals surface area contributed by atoms with Crippen molar-refractivity contribution >= 4 is 46.6 Å². The Labute approximate surface area is 109 Å². The molecule has 1 N–H and O–H groups in total. The van der Waals surface area contributed by atoms with Crippen LogP contribution in [0.2, 0.25) is 10.0 Å². The summed E-state index contributed by atoms with van der Waals surface area (Å²) in [7, 11) is 0. The van der Waals surface area contributed by atoms with Crippen LogP contribution in [0.25, 0.3) is 0 Å². The molecule has 6 heteroatoms. The molecule has 0 aliphatic carbocycles. The van der Waals surface area contributed by atoms with Crippen molar-refractivity contribution in [3.05, 3.63) is 28.2 Å². The first-order valence-electron chi connectivity index (χ1n) is 4.52.